The molecule has 0 aliphatic rings. The first kappa shape index (κ1) is 14.1. The molecule has 96 valence electrons. The van der Waals surface area contributed by atoms with E-state index in [0.717, 1.165) is 28.0 Å². The van der Waals surface area contributed by atoms with Gasteiger partial charge in [0.25, 0.3) is 0 Å². The summed E-state index contributed by atoms with van der Waals surface area (Å²) in [6, 6.07) is 10.4. The third-order valence-electron chi connectivity index (χ3n) is 2.69. The largest absolute Gasteiger partial charge is 0.306 e. The average molecular weight is 345 g/mol. The normalized spacial score (nSPS) is 12.6. The Kier molecular flexibility index (Phi) is 5.25. The Morgan fingerprint density at radius 2 is 2.17 bits per heavy atom. The summed E-state index contributed by atoms with van der Waals surface area (Å²) >= 11 is 11.6. The van der Waals surface area contributed by atoms with Crippen LogP contribution in [0.25, 0.3) is 0 Å². The van der Waals surface area contributed by atoms with Gasteiger partial charge in [-0.1, -0.05) is 36.7 Å². The van der Waals surface area contributed by atoms with Crippen molar-refractivity contribution >= 4 is 38.9 Å². The maximum absolute atomic E-state index is 6.31. The molecule has 1 aromatic heterocycles. The van der Waals surface area contributed by atoms with Gasteiger partial charge in [-0.25, -0.2) is 0 Å². The molecule has 1 N–H and O–H groups in total. The molecule has 2 aromatic rings. The van der Waals surface area contributed by atoms with Gasteiger partial charge in [-0.2, -0.15) is 0 Å². The Morgan fingerprint density at radius 1 is 1.39 bits per heavy atom. The zero-order chi connectivity index (χ0) is 13.0. The Balaban J connectivity index is 2.33. The number of rotatable bonds is 5. The monoisotopic (exact) mass is 343 g/mol. The molecule has 0 fully saturated rings. The van der Waals surface area contributed by atoms with Crippen molar-refractivity contribution in [3.63, 3.8) is 0 Å². The van der Waals surface area contributed by atoms with Gasteiger partial charge in [0.15, 0.2) is 0 Å². The van der Waals surface area contributed by atoms with E-state index < -0.39 is 0 Å². The lowest BCUT2D eigenvalue weighted by Gasteiger charge is -2.18. The van der Waals surface area contributed by atoms with Crippen molar-refractivity contribution in [2.24, 2.45) is 0 Å². The van der Waals surface area contributed by atoms with E-state index in [1.54, 1.807) is 11.3 Å². The topological polar surface area (TPSA) is 12.0 Å². The van der Waals surface area contributed by atoms with E-state index in [9.17, 15) is 0 Å². The van der Waals surface area contributed by atoms with E-state index in [2.05, 4.69) is 45.7 Å². The second-order valence-corrected chi connectivity index (χ2v) is 6.34. The van der Waals surface area contributed by atoms with Crippen LogP contribution in [-0.2, 0) is 0 Å². The lowest BCUT2D eigenvalue weighted by molar-refractivity contribution is 0.606. The highest BCUT2D eigenvalue weighted by atomic mass is 79.9. The van der Waals surface area contributed by atoms with Gasteiger partial charge in [-0.05, 0) is 46.6 Å². The van der Waals surface area contributed by atoms with Crippen LogP contribution in [0.5, 0.6) is 0 Å². The number of nitrogens with one attached hydrogen (secondary N) is 1. The lowest BCUT2D eigenvalue weighted by Crippen LogP contribution is -2.22. The molecule has 1 aromatic carbocycles. The molecule has 1 unspecified atom stereocenters. The first-order chi connectivity index (χ1) is 8.72. The molecule has 1 nitrogen and oxygen atoms in total. The van der Waals surface area contributed by atoms with Crippen molar-refractivity contribution in [1.29, 1.82) is 0 Å². The fourth-order valence-electron chi connectivity index (χ4n) is 1.84. The van der Waals surface area contributed by atoms with E-state index in [4.69, 9.17) is 11.6 Å². The molecular weight excluding hydrogens is 330 g/mol. The molecule has 0 spiro atoms. The molecular formula is C14H15BrClNS. The van der Waals surface area contributed by atoms with Crippen molar-refractivity contribution in [1.82, 2.24) is 5.32 Å². The van der Waals surface area contributed by atoms with E-state index in [0.29, 0.717) is 0 Å². The molecule has 2 rings (SSSR count). The van der Waals surface area contributed by atoms with E-state index in [1.165, 1.54) is 4.88 Å². The van der Waals surface area contributed by atoms with Gasteiger partial charge in [0.05, 0.1) is 6.04 Å². The second kappa shape index (κ2) is 6.71. The average Bonchev–Trinajstić information content (AvgIpc) is 2.78. The van der Waals surface area contributed by atoms with E-state index >= 15 is 0 Å². The van der Waals surface area contributed by atoms with Gasteiger partial charge in [0.1, 0.15) is 0 Å². The van der Waals surface area contributed by atoms with E-state index in [-0.39, 0.29) is 6.04 Å². The summed E-state index contributed by atoms with van der Waals surface area (Å²) in [5.41, 5.74) is 1.14. The minimum absolute atomic E-state index is 0.176. The summed E-state index contributed by atoms with van der Waals surface area (Å²) < 4.78 is 1.12. The first-order valence-electron chi connectivity index (χ1n) is 5.94. The zero-order valence-electron chi connectivity index (χ0n) is 10.1. The number of thiophene rings is 1. The summed E-state index contributed by atoms with van der Waals surface area (Å²) in [5.74, 6) is 0. The van der Waals surface area contributed by atoms with Crippen LogP contribution in [0.15, 0.2) is 40.2 Å². The van der Waals surface area contributed by atoms with Crippen LogP contribution in [0.4, 0.5) is 0 Å². The Morgan fingerprint density at radius 3 is 2.78 bits per heavy atom. The van der Waals surface area contributed by atoms with Gasteiger partial charge in [-0.3, -0.25) is 0 Å². The smallest absolute Gasteiger partial charge is 0.0686 e. The van der Waals surface area contributed by atoms with Crippen LogP contribution in [0.1, 0.15) is 29.8 Å². The Labute approximate surface area is 125 Å². The summed E-state index contributed by atoms with van der Waals surface area (Å²) in [5, 5.41) is 6.48. The molecule has 0 aliphatic carbocycles. The van der Waals surface area contributed by atoms with Crippen molar-refractivity contribution in [3.05, 3.63) is 55.6 Å². The maximum atomic E-state index is 6.31. The van der Waals surface area contributed by atoms with Gasteiger partial charge < -0.3 is 5.32 Å². The van der Waals surface area contributed by atoms with Crippen molar-refractivity contribution in [2.45, 2.75) is 19.4 Å². The SMILES string of the molecule is CCCNC(c1cc(Br)cs1)c1ccccc1Cl. The fraction of sp³-hybridized carbons (Fsp3) is 0.286. The molecule has 0 saturated carbocycles. The third kappa shape index (κ3) is 3.35. The highest BCUT2D eigenvalue weighted by Gasteiger charge is 2.17. The van der Waals surface area contributed by atoms with Gasteiger partial charge in [0.2, 0.25) is 0 Å². The number of hydrogen-bond donors (Lipinski definition) is 1. The zero-order valence-corrected chi connectivity index (χ0v) is 13.3. The van der Waals surface area contributed by atoms with Gasteiger partial charge in [0, 0.05) is 19.8 Å². The molecule has 1 heterocycles. The molecule has 0 aliphatic heterocycles. The van der Waals surface area contributed by atoms with Crippen molar-refractivity contribution in [3.8, 4) is 0 Å². The van der Waals surface area contributed by atoms with Gasteiger partial charge in [-0.15, -0.1) is 11.3 Å². The minimum atomic E-state index is 0.176. The Hall–Kier alpha value is -0.350. The van der Waals surface area contributed by atoms with Crippen LogP contribution in [-0.4, -0.2) is 6.54 Å². The van der Waals surface area contributed by atoms with Crippen LogP contribution < -0.4 is 5.32 Å². The number of benzene rings is 1. The highest BCUT2D eigenvalue weighted by Crippen LogP contribution is 2.33. The Bertz CT molecular complexity index is 512. The van der Waals surface area contributed by atoms with Crippen molar-refractivity contribution < 1.29 is 0 Å². The molecule has 0 amide bonds. The quantitative estimate of drug-likeness (QED) is 0.781. The van der Waals surface area contributed by atoms with Gasteiger partial charge >= 0.3 is 0 Å². The lowest BCUT2D eigenvalue weighted by atomic mass is 10.1. The molecule has 0 saturated heterocycles. The third-order valence-corrected chi connectivity index (χ3v) is 4.79. The van der Waals surface area contributed by atoms with Crippen LogP contribution in [0.2, 0.25) is 5.02 Å². The van der Waals surface area contributed by atoms with Crippen LogP contribution >= 0.6 is 38.9 Å². The molecule has 1 atom stereocenters. The molecule has 18 heavy (non-hydrogen) atoms. The van der Waals surface area contributed by atoms with Crippen LogP contribution in [0, 0.1) is 0 Å². The summed E-state index contributed by atoms with van der Waals surface area (Å²) in [6.45, 7) is 3.15. The number of halogens is 2. The predicted octanol–water partition coefficient (Wildman–Crippen LogP) is 5.25. The minimum Gasteiger partial charge on any atom is -0.306 e. The van der Waals surface area contributed by atoms with E-state index in [1.807, 2.05) is 18.2 Å². The molecule has 4 heteroatoms. The molecule has 0 bridgehead atoms. The molecule has 0 radical (unpaired) electrons. The summed E-state index contributed by atoms with van der Waals surface area (Å²) in [6.07, 6.45) is 1.10. The predicted molar refractivity (Wildman–Crippen MR) is 83.6 cm³/mol. The first-order valence-corrected chi connectivity index (χ1v) is 7.99. The highest BCUT2D eigenvalue weighted by molar-refractivity contribution is 9.10. The van der Waals surface area contributed by atoms with Crippen LogP contribution in [0.3, 0.4) is 0 Å². The van der Waals surface area contributed by atoms with Crippen molar-refractivity contribution in [2.75, 3.05) is 6.54 Å². The maximum Gasteiger partial charge on any atom is 0.0686 e. The number of hydrogen-bond acceptors (Lipinski definition) is 2. The second-order valence-electron chi connectivity index (χ2n) is 4.08. The summed E-state index contributed by atoms with van der Waals surface area (Å²) in [4.78, 5) is 1.28. The fourth-order valence-corrected chi connectivity index (χ4v) is 3.62. The standard InChI is InChI=1S/C14H15BrClNS/c1-2-7-17-14(13-8-10(15)9-18-13)11-5-3-4-6-12(11)16/h3-6,8-9,14,17H,2,7H2,1H3. The summed E-state index contributed by atoms with van der Waals surface area (Å²) in [7, 11) is 0.